The minimum Gasteiger partial charge on any atom is -0.481 e. The van der Waals surface area contributed by atoms with Gasteiger partial charge in [0.05, 0.1) is 11.8 Å². The zero-order valence-corrected chi connectivity index (χ0v) is 11.1. The Morgan fingerprint density at radius 3 is 2.16 bits per heavy atom. The lowest BCUT2D eigenvalue weighted by molar-refractivity contribution is -0.195. The van der Waals surface area contributed by atoms with Gasteiger partial charge in [-0.25, -0.2) is 0 Å². The van der Waals surface area contributed by atoms with Crippen LogP contribution in [0.3, 0.4) is 0 Å². The van der Waals surface area contributed by atoms with Crippen LogP contribution in [0.5, 0.6) is 0 Å². The van der Waals surface area contributed by atoms with Crippen molar-refractivity contribution in [1.82, 2.24) is 0 Å². The summed E-state index contributed by atoms with van der Waals surface area (Å²) < 4.78 is 39.3. The Bertz CT molecular complexity index is 441. The number of carboxylic acid groups (broad SMARTS) is 1. The first-order chi connectivity index (χ1) is 8.37. The fourth-order valence-electron chi connectivity index (χ4n) is 2.46. The van der Waals surface area contributed by atoms with Crippen molar-refractivity contribution in [2.75, 3.05) is 0 Å². The molecule has 6 heteroatoms. The van der Waals surface area contributed by atoms with Gasteiger partial charge in [0, 0.05) is 5.92 Å². The molecule has 1 aromatic rings. The maximum Gasteiger partial charge on any atom is 0.395 e. The molecule has 0 saturated heterocycles. The van der Waals surface area contributed by atoms with Crippen molar-refractivity contribution in [2.45, 2.75) is 31.4 Å². The highest BCUT2D eigenvalue weighted by molar-refractivity contribution is 7.59. The van der Waals surface area contributed by atoms with E-state index in [0.29, 0.717) is 5.56 Å². The molecule has 1 aromatic carbocycles. The quantitative estimate of drug-likeness (QED) is 0.918. The summed E-state index contributed by atoms with van der Waals surface area (Å²) in [6.07, 6.45) is -4.79. The molecular weight excluding hydrogens is 277 g/mol. The minimum absolute atomic E-state index is 0. The largest absolute Gasteiger partial charge is 0.481 e. The Kier molecular flexibility index (Phi) is 4.55. The third-order valence-corrected chi connectivity index (χ3v) is 3.60. The summed E-state index contributed by atoms with van der Waals surface area (Å²) in [6.45, 7) is 0. The van der Waals surface area contributed by atoms with Gasteiger partial charge in [-0.05, 0) is 18.4 Å². The van der Waals surface area contributed by atoms with Crippen LogP contribution < -0.4 is 0 Å². The average molecular weight is 292 g/mol. The van der Waals surface area contributed by atoms with E-state index in [1.807, 2.05) is 0 Å². The second kappa shape index (κ2) is 5.45. The molecule has 2 nitrogen and oxygen atoms in total. The first kappa shape index (κ1) is 15.9. The van der Waals surface area contributed by atoms with Gasteiger partial charge >= 0.3 is 12.1 Å². The monoisotopic (exact) mass is 292 g/mol. The summed E-state index contributed by atoms with van der Waals surface area (Å²) in [6, 6.07) is 8.11. The van der Waals surface area contributed by atoms with Gasteiger partial charge in [-0.3, -0.25) is 4.79 Å². The van der Waals surface area contributed by atoms with E-state index < -0.39 is 29.9 Å². The Balaban J connectivity index is 0.00000180. The Morgan fingerprint density at radius 2 is 1.79 bits per heavy atom. The number of halogens is 3. The molecule has 1 aliphatic carbocycles. The first-order valence-corrected chi connectivity index (χ1v) is 5.70. The van der Waals surface area contributed by atoms with E-state index in [1.54, 1.807) is 30.3 Å². The minimum atomic E-state index is -4.34. The highest BCUT2D eigenvalue weighted by Crippen LogP contribution is 2.66. The molecular formula is C13H15F3O2S. The second-order valence-electron chi connectivity index (χ2n) is 4.72. The zero-order valence-electron chi connectivity index (χ0n) is 10.1. The maximum atomic E-state index is 13.1. The van der Waals surface area contributed by atoms with Crippen LogP contribution in [-0.4, -0.2) is 17.3 Å². The lowest BCUT2D eigenvalue weighted by atomic mass is 9.80. The number of hydrogen-bond acceptors (Lipinski definition) is 1. The summed E-state index contributed by atoms with van der Waals surface area (Å²) in [5.74, 6) is -2.18. The number of alkyl halides is 3. The topological polar surface area (TPSA) is 37.3 Å². The summed E-state index contributed by atoms with van der Waals surface area (Å²) in [7, 11) is 0. The Labute approximate surface area is 116 Å². The molecule has 1 saturated carbocycles. The molecule has 0 aliphatic heterocycles. The number of rotatable bonds is 4. The van der Waals surface area contributed by atoms with Gasteiger partial charge in [-0.15, -0.1) is 0 Å². The van der Waals surface area contributed by atoms with E-state index in [2.05, 4.69) is 0 Å². The molecule has 1 N–H and O–H groups in total. The van der Waals surface area contributed by atoms with Gasteiger partial charge < -0.3 is 5.11 Å². The third-order valence-electron chi connectivity index (χ3n) is 3.60. The summed E-state index contributed by atoms with van der Waals surface area (Å²) in [5, 5.41) is 8.83. The molecule has 0 spiro atoms. The SMILES string of the molecule is O=C(O)C[C@@H](c1ccccc1)C1(C(F)(F)F)CC1.S. The van der Waals surface area contributed by atoms with Crippen LogP contribution in [0.25, 0.3) is 0 Å². The molecule has 106 valence electrons. The predicted molar refractivity (Wildman–Crippen MR) is 69.5 cm³/mol. The Hall–Kier alpha value is -1.17. The van der Waals surface area contributed by atoms with Gasteiger partial charge in [-0.1, -0.05) is 30.3 Å². The van der Waals surface area contributed by atoms with Crippen LogP contribution in [0.15, 0.2) is 30.3 Å². The van der Waals surface area contributed by atoms with Crippen molar-refractivity contribution in [3.05, 3.63) is 35.9 Å². The highest BCUT2D eigenvalue weighted by atomic mass is 32.1. The molecule has 0 aromatic heterocycles. The number of carboxylic acids is 1. The normalized spacial score (nSPS) is 18.3. The molecule has 1 atom stereocenters. The van der Waals surface area contributed by atoms with Crippen LogP contribution >= 0.6 is 13.5 Å². The second-order valence-corrected chi connectivity index (χ2v) is 4.72. The van der Waals surface area contributed by atoms with Crippen molar-refractivity contribution in [3.63, 3.8) is 0 Å². The maximum absolute atomic E-state index is 13.1. The molecule has 19 heavy (non-hydrogen) atoms. The molecule has 1 fully saturated rings. The Morgan fingerprint density at radius 1 is 1.26 bits per heavy atom. The molecule has 0 heterocycles. The van der Waals surface area contributed by atoms with E-state index in [1.165, 1.54) is 0 Å². The van der Waals surface area contributed by atoms with Gasteiger partial charge in [0.25, 0.3) is 0 Å². The number of carbonyl (C=O) groups is 1. The van der Waals surface area contributed by atoms with E-state index in [4.69, 9.17) is 5.11 Å². The third kappa shape index (κ3) is 3.05. The van der Waals surface area contributed by atoms with E-state index in [-0.39, 0.29) is 26.3 Å². The molecule has 1 aliphatic rings. The fourth-order valence-corrected chi connectivity index (χ4v) is 2.46. The van der Waals surface area contributed by atoms with Crippen molar-refractivity contribution in [2.24, 2.45) is 5.41 Å². The molecule has 0 unspecified atom stereocenters. The van der Waals surface area contributed by atoms with Crippen LogP contribution in [0.1, 0.15) is 30.7 Å². The van der Waals surface area contributed by atoms with Crippen molar-refractivity contribution >= 4 is 19.5 Å². The van der Waals surface area contributed by atoms with Gasteiger partial charge in [0.15, 0.2) is 0 Å². The highest BCUT2D eigenvalue weighted by Gasteiger charge is 2.67. The fraction of sp³-hybridized carbons (Fsp3) is 0.462. The van der Waals surface area contributed by atoms with Crippen LogP contribution in [0.4, 0.5) is 13.2 Å². The van der Waals surface area contributed by atoms with Gasteiger partial charge in [0.2, 0.25) is 0 Å². The number of hydrogen-bond donors (Lipinski definition) is 1. The molecule has 2 rings (SSSR count). The lowest BCUT2D eigenvalue weighted by Crippen LogP contribution is -2.32. The van der Waals surface area contributed by atoms with Crippen LogP contribution in [0, 0.1) is 5.41 Å². The molecule has 0 amide bonds. The van der Waals surface area contributed by atoms with Crippen LogP contribution in [-0.2, 0) is 4.79 Å². The predicted octanol–water partition coefficient (Wildman–Crippen LogP) is 3.70. The summed E-state index contributed by atoms with van der Waals surface area (Å²) in [4.78, 5) is 10.8. The van der Waals surface area contributed by atoms with E-state index in [0.717, 1.165) is 0 Å². The van der Waals surface area contributed by atoms with Crippen LogP contribution in [0.2, 0.25) is 0 Å². The summed E-state index contributed by atoms with van der Waals surface area (Å²) in [5.41, 5.74) is -1.39. The standard InChI is InChI=1S/C13H13F3O2.H2S/c14-13(15,16)12(6-7-12)10(8-11(17)18)9-4-2-1-3-5-9;/h1-5,10H,6-8H2,(H,17,18);1H2/t10-;/m0./s1. The molecule has 0 radical (unpaired) electrons. The zero-order chi connectivity index (χ0) is 13.4. The van der Waals surface area contributed by atoms with E-state index in [9.17, 15) is 18.0 Å². The smallest absolute Gasteiger partial charge is 0.395 e. The van der Waals surface area contributed by atoms with E-state index >= 15 is 0 Å². The van der Waals surface area contributed by atoms with Gasteiger partial charge in [-0.2, -0.15) is 26.7 Å². The summed E-state index contributed by atoms with van der Waals surface area (Å²) >= 11 is 0. The number of aliphatic carboxylic acids is 1. The van der Waals surface area contributed by atoms with Crippen molar-refractivity contribution < 1.29 is 23.1 Å². The van der Waals surface area contributed by atoms with Gasteiger partial charge in [0.1, 0.15) is 0 Å². The number of benzene rings is 1. The first-order valence-electron chi connectivity index (χ1n) is 5.70. The average Bonchev–Trinajstić information content (AvgIpc) is 3.07. The van der Waals surface area contributed by atoms with Crippen molar-refractivity contribution in [1.29, 1.82) is 0 Å². The molecule has 0 bridgehead atoms. The van der Waals surface area contributed by atoms with Crippen molar-refractivity contribution in [3.8, 4) is 0 Å². The lowest BCUT2D eigenvalue weighted by Gasteiger charge is -2.28.